The number of carbonyl (C=O) groups excluding carboxylic acids is 2. The Bertz CT molecular complexity index is 1180. The summed E-state index contributed by atoms with van der Waals surface area (Å²) in [5.74, 6) is -2.60. The summed E-state index contributed by atoms with van der Waals surface area (Å²) in [6.45, 7) is 3.20. The zero-order chi connectivity index (χ0) is 23.2. The quantitative estimate of drug-likeness (QED) is 0.609. The molecule has 2 amide bonds. The number of sulfonamides is 1. The summed E-state index contributed by atoms with van der Waals surface area (Å²) >= 11 is 0. The number of halogens is 4. The number of benzene rings is 2. The number of rotatable bonds is 4. The molecule has 166 valence electrons. The summed E-state index contributed by atoms with van der Waals surface area (Å²) < 4.78 is 79.2. The second-order valence-corrected chi connectivity index (χ2v) is 8.78. The minimum atomic E-state index is -4.79. The van der Waals surface area contributed by atoms with Gasteiger partial charge in [0.2, 0.25) is 5.91 Å². The van der Waals surface area contributed by atoms with Crippen LogP contribution in [0.2, 0.25) is 0 Å². The van der Waals surface area contributed by atoms with Crippen LogP contribution in [-0.4, -0.2) is 25.8 Å². The van der Waals surface area contributed by atoms with Crippen LogP contribution < -0.4 is 15.4 Å². The Hall–Kier alpha value is -3.15. The van der Waals surface area contributed by atoms with E-state index in [0.29, 0.717) is 12.1 Å². The normalized spacial score (nSPS) is 19.2. The van der Waals surface area contributed by atoms with Crippen LogP contribution in [0.1, 0.15) is 36.2 Å². The second-order valence-electron chi connectivity index (χ2n) is 7.10. The molecule has 7 nitrogen and oxygen atoms in total. The predicted octanol–water partition coefficient (Wildman–Crippen LogP) is 3.50. The van der Waals surface area contributed by atoms with Crippen molar-refractivity contribution in [2.24, 2.45) is 0 Å². The van der Waals surface area contributed by atoms with E-state index in [1.54, 1.807) is 6.92 Å². The van der Waals surface area contributed by atoms with Crippen LogP contribution in [0.25, 0.3) is 0 Å². The van der Waals surface area contributed by atoms with Gasteiger partial charge in [-0.25, -0.2) is 12.8 Å². The second kappa shape index (κ2) is 7.52. The number of carbonyl (C=O) groups is 2. The molecule has 0 aromatic heterocycles. The molecule has 1 atom stereocenters. The monoisotopic (exact) mass is 459 g/mol. The van der Waals surface area contributed by atoms with E-state index < -0.39 is 55.5 Å². The zero-order valence-electron chi connectivity index (χ0n) is 16.2. The van der Waals surface area contributed by atoms with Crippen molar-refractivity contribution < 1.29 is 35.6 Å². The van der Waals surface area contributed by atoms with E-state index in [0.717, 1.165) is 12.1 Å². The van der Waals surface area contributed by atoms with E-state index in [-0.39, 0.29) is 23.7 Å². The van der Waals surface area contributed by atoms with Crippen molar-refractivity contribution >= 4 is 33.2 Å². The van der Waals surface area contributed by atoms with Gasteiger partial charge in [-0.05, 0) is 49.7 Å². The molecule has 0 aliphatic carbocycles. The number of anilines is 2. The first-order valence-corrected chi connectivity index (χ1v) is 10.4. The minimum absolute atomic E-state index is 0.0827. The molecule has 3 N–H and O–H groups in total. The van der Waals surface area contributed by atoms with Crippen molar-refractivity contribution in [1.29, 1.82) is 0 Å². The maximum atomic E-state index is 14.0. The van der Waals surface area contributed by atoms with Crippen LogP contribution in [-0.2, 0) is 21.0 Å². The van der Waals surface area contributed by atoms with Crippen LogP contribution in [0.3, 0.4) is 0 Å². The van der Waals surface area contributed by atoms with Crippen LogP contribution in [0, 0.1) is 5.82 Å². The number of hydrogen-bond acceptors (Lipinski definition) is 4. The van der Waals surface area contributed by atoms with Crippen molar-refractivity contribution in [1.82, 2.24) is 5.32 Å². The Morgan fingerprint density at radius 3 is 2.35 bits per heavy atom. The van der Waals surface area contributed by atoms with Gasteiger partial charge < -0.3 is 10.6 Å². The molecule has 0 spiro atoms. The summed E-state index contributed by atoms with van der Waals surface area (Å²) in [5.41, 5.74) is -3.24. The largest absolute Gasteiger partial charge is 0.416 e. The van der Waals surface area contributed by atoms with Gasteiger partial charge in [-0.2, -0.15) is 13.2 Å². The molecule has 0 unspecified atom stereocenters. The molecule has 1 heterocycles. The van der Waals surface area contributed by atoms with E-state index in [9.17, 15) is 35.6 Å². The molecule has 0 saturated carbocycles. The Morgan fingerprint density at radius 2 is 1.77 bits per heavy atom. The number of nitrogens with one attached hydrogen (secondary N) is 3. The molecule has 3 rings (SSSR count). The van der Waals surface area contributed by atoms with E-state index in [4.69, 9.17) is 0 Å². The lowest BCUT2D eigenvalue weighted by Crippen LogP contribution is -2.52. The summed E-state index contributed by atoms with van der Waals surface area (Å²) in [6, 6.07) is 4.61. The highest BCUT2D eigenvalue weighted by atomic mass is 32.2. The molecule has 1 aliphatic rings. The maximum Gasteiger partial charge on any atom is 0.416 e. The maximum absolute atomic E-state index is 14.0. The summed E-state index contributed by atoms with van der Waals surface area (Å²) in [4.78, 5) is 24.5. The Balaban J connectivity index is 1.95. The van der Waals surface area contributed by atoms with Gasteiger partial charge in [0.1, 0.15) is 11.4 Å². The molecule has 0 radical (unpaired) electrons. The first-order chi connectivity index (χ1) is 14.3. The molecule has 31 heavy (non-hydrogen) atoms. The molecule has 2 aromatic rings. The van der Waals surface area contributed by atoms with Gasteiger partial charge in [0.05, 0.1) is 27.4 Å². The van der Waals surface area contributed by atoms with Gasteiger partial charge in [-0.1, -0.05) is 6.92 Å². The third-order valence-corrected chi connectivity index (χ3v) is 6.30. The third kappa shape index (κ3) is 4.33. The Kier molecular flexibility index (Phi) is 5.47. The number of amides is 2. The highest BCUT2D eigenvalue weighted by Crippen LogP contribution is 2.32. The van der Waals surface area contributed by atoms with Crippen LogP contribution in [0.5, 0.6) is 0 Å². The molecule has 0 fully saturated rings. The molecule has 1 aliphatic heterocycles. The van der Waals surface area contributed by atoms with E-state index >= 15 is 0 Å². The smallest absolute Gasteiger partial charge is 0.338 e. The van der Waals surface area contributed by atoms with Crippen molar-refractivity contribution in [3.05, 3.63) is 53.3 Å². The van der Waals surface area contributed by atoms with E-state index in [2.05, 4.69) is 10.6 Å². The number of fused-ring (bicyclic) bond motifs is 1. The van der Waals surface area contributed by atoms with Gasteiger partial charge in [0.15, 0.2) is 0 Å². The minimum Gasteiger partial charge on any atom is -0.338 e. The predicted molar refractivity (Wildman–Crippen MR) is 103 cm³/mol. The van der Waals surface area contributed by atoms with E-state index in [1.807, 2.05) is 4.72 Å². The molecule has 2 aromatic carbocycles. The SMILES string of the molecule is CC[C@]1(C)NC(=O)c2cc(S(=O)(=O)Nc3ccc(C(F)(F)F)cc3F)ccc2NC1=O. The fraction of sp³-hybridized carbons (Fsp3) is 0.263. The highest BCUT2D eigenvalue weighted by molar-refractivity contribution is 7.92. The standard InChI is InChI=1S/C19H17F4N3O4S/c1-3-18(2)17(28)24-14-7-5-11(9-12(14)16(27)25-18)31(29,30)26-15-6-4-10(8-13(15)20)19(21,22)23/h4-9,26H,3H2,1-2H3,(H,24,28)(H,25,27)/t18-/m0/s1. The fourth-order valence-corrected chi connectivity index (χ4v) is 3.94. The van der Waals surface area contributed by atoms with Crippen molar-refractivity contribution in [2.75, 3.05) is 10.0 Å². The molecular formula is C19H17F4N3O4S. The molecular weight excluding hydrogens is 442 g/mol. The lowest BCUT2D eigenvalue weighted by Gasteiger charge is -2.25. The van der Waals surface area contributed by atoms with Gasteiger partial charge in [0, 0.05) is 0 Å². The zero-order valence-corrected chi connectivity index (χ0v) is 17.0. The van der Waals surface area contributed by atoms with Gasteiger partial charge >= 0.3 is 6.18 Å². The van der Waals surface area contributed by atoms with Crippen LogP contribution in [0.15, 0.2) is 41.3 Å². The Morgan fingerprint density at radius 1 is 1.10 bits per heavy atom. The molecule has 12 heteroatoms. The lowest BCUT2D eigenvalue weighted by atomic mass is 9.98. The highest BCUT2D eigenvalue weighted by Gasteiger charge is 2.37. The van der Waals surface area contributed by atoms with Gasteiger partial charge in [-0.3, -0.25) is 14.3 Å². The topological polar surface area (TPSA) is 104 Å². The van der Waals surface area contributed by atoms with Crippen LogP contribution in [0.4, 0.5) is 28.9 Å². The van der Waals surface area contributed by atoms with Crippen molar-refractivity contribution in [3.8, 4) is 0 Å². The molecule has 0 bridgehead atoms. The third-order valence-electron chi connectivity index (χ3n) is 4.93. The molecule has 0 saturated heterocycles. The van der Waals surface area contributed by atoms with Gasteiger partial charge in [-0.15, -0.1) is 0 Å². The first-order valence-electron chi connectivity index (χ1n) is 8.94. The lowest BCUT2D eigenvalue weighted by molar-refractivity contribution is -0.137. The van der Waals surface area contributed by atoms with E-state index in [1.165, 1.54) is 13.0 Å². The van der Waals surface area contributed by atoms with Crippen molar-refractivity contribution in [3.63, 3.8) is 0 Å². The number of hydrogen-bond donors (Lipinski definition) is 3. The summed E-state index contributed by atoms with van der Waals surface area (Å²) in [5, 5.41) is 5.08. The Labute approximate surface area is 174 Å². The summed E-state index contributed by atoms with van der Waals surface area (Å²) in [7, 11) is -4.46. The average Bonchev–Trinajstić information content (AvgIpc) is 2.77. The fourth-order valence-electron chi connectivity index (χ4n) is 2.85. The summed E-state index contributed by atoms with van der Waals surface area (Å²) in [6.07, 6.45) is -4.52. The first kappa shape index (κ1) is 22.5. The van der Waals surface area contributed by atoms with Crippen molar-refractivity contribution in [2.45, 2.75) is 36.9 Å². The number of alkyl halides is 3. The average molecular weight is 459 g/mol. The van der Waals surface area contributed by atoms with Gasteiger partial charge in [0.25, 0.3) is 15.9 Å². The van der Waals surface area contributed by atoms with Crippen LogP contribution >= 0.6 is 0 Å².